The lowest BCUT2D eigenvalue weighted by Gasteiger charge is -2.02. The van der Waals surface area contributed by atoms with Gasteiger partial charge < -0.3 is 5.32 Å². The summed E-state index contributed by atoms with van der Waals surface area (Å²) in [4.78, 5) is 10.5. The van der Waals surface area contributed by atoms with E-state index in [-0.39, 0.29) is 0 Å². The maximum atomic E-state index is 4.77. The van der Waals surface area contributed by atoms with E-state index < -0.39 is 0 Å². The predicted molar refractivity (Wildman–Crippen MR) is 78.6 cm³/mol. The first-order chi connectivity index (χ1) is 8.88. The van der Waals surface area contributed by atoms with E-state index in [1.165, 1.54) is 28.4 Å². The van der Waals surface area contributed by atoms with Crippen LogP contribution in [-0.4, -0.2) is 22.8 Å². The van der Waals surface area contributed by atoms with Crippen LogP contribution in [0.2, 0.25) is 0 Å². The van der Waals surface area contributed by atoms with E-state index in [9.17, 15) is 0 Å². The molecule has 94 valence electrons. The molecule has 0 aliphatic carbocycles. The lowest BCUT2D eigenvalue weighted by Crippen LogP contribution is -1.96. The van der Waals surface area contributed by atoms with Crippen molar-refractivity contribution in [2.45, 2.75) is 24.2 Å². The fourth-order valence-corrected chi connectivity index (χ4v) is 3.77. The molecule has 0 radical (unpaired) electrons. The Balaban J connectivity index is 2.02. The van der Waals surface area contributed by atoms with Gasteiger partial charge in [0.2, 0.25) is 0 Å². The minimum atomic E-state index is 1.02. The number of thioether (sulfide) groups is 1. The molecular weight excluding hydrogens is 262 g/mol. The van der Waals surface area contributed by atoms with Gasteiger partial charge in [-0.25, -0.2) is 4.98 Å². The zero-order chi connectivity index (χ0) is 12.4. The Hall–Kier alpha value is -1.07. The summed E-state index contributed by atoms with van der Waals surface area (Å²) in [5, 5.41) is 5.75. The van der Waals surface area contributed by atoms with Crippen LogP contribution in [-0.2, 0) is 6.42 Å². The fraction of sp³-hybridized carbons (Fsp3) is 0.385. The molecule has 0 saturated heterocycles. The molecule has 3 heterocycles. The largest absolute Gasteiger partial charge is 0.375 e. The minimum Gasteiger partial charge on any atom is -0.375 e. The van der Waals surface area contributed by atoms with E-state index in [4.69, 9.17) is 4.98 Å². The van der Waals surface area contributed by atoms with Gasteiger partial charge >= 0.3 is 0 Å². The van der Waals surface area contributed by atoms with Gasteiger partial charge in [-0.15, -0.1) is 11.8 Å². The van der Waals surface area contributed by atoms with Crippen LogP contribution in [0, 0.1) is 0 Å². The normalized spacial score (nSPS) is 14.7. The van der Waals surface area contributed by atoms with Gasteiger partial charge in [0.05, 0.1) is 5.69 Å². The highest BCUT2D eigenvalue weighted by molar-refractivity contribution is 7.98. The maximum absolute atomic E-state index is 4.77. The zero-order valence-corrected chi connectivity index (χ0v) is 11.9. The number of nitrogens with zero attached hydrogens (tertiary/aromatic N) is 2. The van der Waals surface area contributed by atoms with E-state index in [1.54, 1.807) is 23.1 Å². The maximum Gasteiger partial charge on any atom is 0.145 e. The van der Waals surface area contributed by atoms with Crippen molar-refractivity contribution in [3.63, 3.8) is 0 Å². The van der Waals surface area contributed by atoms with E-state index in [0.29, 0.717) is 0 Å². The standard InChI is InChI=1S/C13H15N3S2/c1-17-10-6-4-8-14-11(10)13-16-9-5-2-3-7-15-12(9)18-13/h4,6,8,15H,2-3,5,7H2,1H3. The number of hydrogen-bond donors (Lipinski definition) is 1. The Labute approximate surface area is 115 Å². The number of aryl methyl sites for hydroxylation is 1. The number of aromatic nitrogens is 2. The molecule has 3 rings (SSSR count). The van der Waals surface area contributed by atoms with Gasteiger partial charge in [-0.3, -0.25) is 4.98 Å². The van der Waals surface area contributed by atoms with Crippen molar-refractivity contribution in [3.05, 3.63) is 24.0 Å². The highest BCUT2D eigenvalue weighted by Crippen LogP contribution is 2.36. The van der Waals surface area contributed by atoms with Crippen LogP contribution in [0.25, 0.3) is 10.7 Å². The highest BCUT2D eigenvalue weighted by atomic mass is 32.2. The Morgan fingerprint density at radius 3 is 3.22 bits per heavy atom. The van der Waals surface area contributed by atoms with Gasteiger partial charge in [-0.05, 0) is 37.7 Å². The van der Waals surface area contributed by atoms with Crippen molar-refractivity contribution < 1.29 is 0 Å². The molecule has 1 N–H and O–H groups in total. The predicted octanol–water partition coefficient (Wildman–Crippen LogP) is 3.68. The number of rotatable bonds is 2. The molecule has 0 saturated carbocycles. The third-order valence-electron chi connectivity index (χ3n) is 3.02. The number of pyridine rings is 1. The number of thiazole rings is 1. The second-order valence-corrected chi connectivity index (χ2v) is 6.08. The van der Waals surface area contributed by atoms with Crippen LogP contribution in [0.15, 0.2) is 23.2 Å². The first-order valence-electron chi connectivity index (χ1n) is 6.11. The van der Waals surface area contributed by atoms with Crippen molar-refractivity contribution >= 4 is 28.1 Å². The molecule has 1 aliphatic heterocycles. The van der Waals surface area contributed by atoms with Crippen molar-refractivity contribution in [2.24, 2.45) is 0 Å². The number of fused-ring (bicyclic) bond motifs is 1. The molecule has 0 fully saturated rings. The van der Waals surface area contributed by atoms with Crippen molar-refractivity contribution in [3.8, 4) is 10.7 Å². The summed E-state index contributed by atoms with van der Waals surface area (Å²) in [6, 6.07) is 4.08. The zero-order valence-electron chi connectivity index (χ0n) is 10.3. The molecule has 0 bridgehead atoms. The summed E-state index contributed by atoms with van der Waals surface area (Å²) in [5.74, 6) is 0. The van der Waals surface area contributed by atoms with Gasteiger partial charge in [0.15, 0.2) is 0 Å². The van der Waals surface area contributed by atoms with E-state index >= 15 is 0 Å². The van der Waals surface area contributed by atoms with Crippen molar-refractivity contribution in [2.75, 3.05) is 18.1 Å². The highest BCUT2D eigenvalue weighted by Gasteiger charge is 2.17. The molecule has 0 aromatic carbocycles. The van der Waals surface area contributed by atoms with Crippen LogP contribution in [0.3, 0.4) is 0 Å². The summed E-state index contributed by atoms with van der Waals surface area (Å²) < 4.78 is 0. The Morgan fingerprint density at radius 2 is 2.33 bits per heavy atom. The van der Waals surface area contributed by atoms with Crippen LogP contribution in [0.4, 0.5) is 5.00 Å². The molecule has 2 aromatic rings. The van der Waals surface area contributed by atoms with Crippen molar-refractivity contribution in [1.82, 2.24) is 9.97 Å². The summed E-state index contributed by atoms with van der Waals surface area (Å²) >= 11 is 3.46. The molecule has 3 nitrogen and oxygen atoms in total. The van der Waals surface area contributed by atoms with E-state index in [1.807, 2.05) is 12.3 Å². The molecule has 1 aliphatic rings. The van der Waals surface area contributed by atoms with Gasteiger partial charge in [0, 0.05) is 17.6 Å². The summed E-state index contributed by atoms with van der Waals surface area (Å²) in [7, 11) is 0. The van der Waals surface area contributed by atoms with Crippen LogP contribution < -0.4 is 5.32 Å². The SMILES string of the molecule is CSc1cccnc1-c1nc2c(s1)NCCCC2. The molecule has 2 aromatic heterocycles. The molecular formula is C13H15N3S2. The Morgan fingerprint density at radius 1 is 1.39 bits per heavy atom. The van der Waals surface area contributed by atoms with Gasteiger partial charge in [-0.2, -0.15) is 0 Å². The van der Waals surface area contributed by atoms with Crippen LogP contribution in [0.1, 0.15) is 18.5 Å². The topological polar surface area (TPSA) is 37.8 Å². The minimum absolute atomic E-state index is 1.02. The second kappa shape index (κ2) is 5.28. The van der Waals surface area contributed by atoms with Gasteiger partial charge in [0.1, 0.15) is 15.7 Å². The number of nitrogens with one attached hydrogen (secondary N) is 1. The molecule has 18 heavy (non-hydrogen) atoms. The van der Waals surface area contributed by atoms with Crippen LogP contribution >= 0.6 is 23.1 Å². The Bertz CT molecular complexity index is 527. The summed E-state index contributed by atoms with van der Waals surface area (Å²) in [6.45, 7) is 1.06. The second-order valence-electron chi connectivity index (χ2n) is 4.23. The third-order valence-corrected chi connectivity index (χ3v) is 4.85. The Kier molecular flexibility index (Phi) is 3.52. The smallest absolute Gasteiger partial charge is 0.145 e. The van der Waals surface area contributed by atoms with Crippen molar-refractivity contribution in [1.29, 1.82) is 0 Å². The monoisotopic (exact) mass is 277 g/mol. The van der Waals surface area contributed by atoms with E-state index in [0.717, 1.165) is 23.7 Å². The molecule has 5 heteroatoms. The summed E-state index contributed by atoms with van der Waals surface area (Å²) in [6.07, 6.45) is 7.46. The quantitative estimate of drug-likeness (QED) is 0.850. The molecule has 0 spiro atoms. The van der Waals surface area contributed by atoms with E-state index in [2.05, 4.69) is 22.6 Å². The van der Waals surface area contributed by atoms with Gasteiger partial charge in [0.25, 0.3) is 0 Å². The number of anilines is 1. The molecule has 0 unspecified atom stereocenters. The first-order valence-corrected chi connectivity index (χ1v) is 8.15. The molecule has 0 atom stereocenters. The van der Waals surface area contributed by atoms with Gasteiger partial charge in [-0.1, -0.05) is 11.3 Å². The average Bonchev–Trinajstić information content (AvgIpc) is 2.70. The average molecular weight is 277 g/mol. The third kappa shape index (κ3) is 2.24. The first kappa shape index (κ1) is 12.0. The number of hydrogen-bond acceptors (Lipinski definition) is 5. The lowest BCUT2D eigenvalue weighted by molar-refractivity contribution is 0.775. The lowest BCUT2D eigenvalue weighted by atomic mass is 10.2. The fourth-order valence-electron chi connectivity index (χ4n) is 2.10. The van der Waals surface area contributed by atoms with Crippen LogP contribution in [0.5, 0.6) is 0 Å². The summed E-state index contributed by atoms with van der Waals surface area (Å²) in [5.41, 5.74) is 2.23. The molecule has 0 amide bonds.